The zero-order valence-electron chi connectivity index (χ0n) is 17.2. The van der Waals surface area contributed by atoms with E-state index in [-0.39, 0.29) is 23.6 Å². The Balaban J connectivity index is 1.72. The highest BCUT2D eigenvalue weighted by Crippen LogP contribution is 2.35. The lowest BCUT2D eigenvalue weighted by Crippen LogP contribution is -2.20. The molecule has 31 heavy (non-hydrogen) atoms. The predicted molar refractivity (Wildman–Crippen MR) is 117 cm³/mol. The zero-order chi connectivity index (χ0) is 21.5. The van der Waals surface area contributed by atoms with Gasteiger partial charge in [0.15, 0.2) is 17.3 Å². The maximum atomic E-state index is 13.4. The van der Waals surface area contributed by atoms with Crippen LogP contribution in [0, 0.1) is 13.8 Å². The first-order valence-corrected chi connectivity index (χ1v) is 10.00. The summed E-state index contributed by atoms with van der Waals surface area (Å²) in [6.07, 6.45) is 3.34. The third-order valence-corrected chi connectivity index (χ3v) is 5.65. The van der Waals surface area contributed by atoms with Crippen molar-refractivity contribution < 1.29 is 14.3 Å². The minimum atomic E-state index is -0.325. The fraction of sp³-hybridized carbons (Fsp3) is 0.160. The number of hydrogen-bond acceptors (Lipinski definition) is 5. The number of hydrogen-bond donors (Lipinski definition) is 0. The number of benzene rings is 2. The Kier molecular flexibility index (Phi) is 4.55. The number of aromatic nitrogens is 2. The van der Waals surface area contributed by atoms with Crippen LogP contribution >= 0.6 is 0 Å². The molecule has 0 aliphatic carbocycles. The highest BCUT2D eigenvalue weighted by Gasteiger charge is 2.22. The summed E-state index contributed by atoms with van der Waals surface area (Å²) in [5.74, 6) is 0.780. The average Bonchev–Trinajstić information content (AvgIpc) is 3.24. The van der Waals surface area contributed by atoms with Crippen LogP contribution in [0.2, 0.25) is 0 Å². The van der Waals surface area contributed by atoms with Gasteiger partial charge in [-0.15, -0.1) is 0 Å². The summed E-state index contributed by atoms with van der Waals surface area (Å²) in [7, 11) is 0. The molecule has 2 aromatic heterocycles. The second-order valence-electron chi connectivity index (χ2n) is 7.67. The van der Waals surface area contributed by atoms with E-state index in [1.807, 2.05) is 48.7 Å². The number of carbonyl (C=O) groups is 1. The van der Waals surface area contributed by atoms with Gasteiger partial charge in [-0.3, -0.25) is 14.6 Å². The minimum absolute atomic E-state index is 0.106. The van der Waals surface area contributed by atoms with Gasteiger partial charge < -0.3 is 14.0 Å². The van der Waals surface area contributed by atoms with E-state index in [9.17, 15) is 9.59 Å². The van der Waals surface area contributed by atoms with E-state index in [2.05, 4.69) is 4.98 Å². The molecule has 0 bridgehead atoms. The second kappa shape index (κ2) is 7.40. The van der Waals surface area contributed by atoms with E-state index in [1.165, 1.54) is 0 Å². The number of ether oxygens (including phenoxy) is 2. The lowest BCUT2D eigenvalue weighted by Gasteiger charge is -2.14. The molecule has 6 nitrogen and oxygen atoms in total. The van der Waals surface area contributed by atoms with Crippen LogP contribution in [0.1, 0.15) is 32.7 Å². The number of carbonyl (C=O) groups excluding carboxylic acids is 1. The number of rotatable bonds is 4. The van der Waals surface area contributed by atoms with Crippen LogP contribution in [0.4, 0.5) is 0 Å². The SMILES string of the molecule is Cc1ccc(C(=O)c2cn(Cc3ccccn3)c3cc4c(cc3c2=O)OCO4)cc1C. The number of aryl methyl sites for hydroxylation is 2. The van der Waals surface area contributed by atoms with Crippen molar-refractivity contribution in [3.8, 4) is 11.5 Å². The lowest BCUT2D eigenvalue weighted by molar-refractivity contribution is 0.103. The van der Waals surface area contributed by atoms with Gasteiger partial charge >= 0.3 is 0 Å². The van der Waals surface area contributed by atoms with Gasteiger partial charge in [-0.05, 0) is 49.2 Å². The average molecular weight is 412 g/mol. The first-order valence-electron chi connectivity index (χ1n) is 10.00. The molecule has 0 N–H and O–H groups in total. The summed E-state index contributed by atoms with van der Waals surface area (Å²) in [6.45, 7) is 4.45. The van der Waals surface area contributed by atoms with Crippen LogP contribution in [0.3, 0.4) is 0 Å². The molecule has 0 fully saturated rings. The molecule has 2 aromatic carbocycles. The van der Waals surface area contributed by atoms with Gasteiger partial charge in [0, 0.05) is 24.0 Å². The van der Waals surface area contributed by atoms with Crippen molar-refractivity contribution in [2.45, 2.75) is 20.4 Å². The third kappa shape index (κ3) is 3.36. The number of nitrogens with zero attached hydrogens (tertiary/aromatic N) is 2. The van der Waals surface area contributed by atoms with E-state index in [0.717, 1.165) is 16.8 Å². The smallest absolute Gasteiger partial charge is 0.231 e. The van der Waals surface area contributed by atoms with Gasteiger partial charge in [0.05, 0.1) is 28.7 Å². The number of fused-ring (bicyclic) bond motifs is 2. The van der Waals surface area contributed by atoms with Gasteiger partial charge in [-0.1, -0.05) is 18.2 Å². The van der Waals surface area contributed by atoms with Crippen molar-refractivity contribution >= 4 is 16.7 Å². The number of pyridine rings is 2. The van der Waals surface area contributed by atoms with Crippen LogP contribution in [0.15, 0.2) is 65.7 Å². The topological polar surface area (TPSA) is 70.4 Å². The normalized spacial score (nSPS) is 12.3. The molecule has 154 valence electrons. The predicted octanol–water partition coefficient (Wildman–Crippen LogP) is 4.02. The summed E-state index contributed by atoms with van der Waals surface area (Å²) >= 11 is 0. The largest absolute Gasteiger partial charge is 0.454 e. The summed E-state index contributed by atoms with van der Waals surface area (Å²) in [5, 5.41) is 0.412. The molecule has 6 heteroatoms. The molecule has 0 saturated heterocycles. The van der Waals surface area contributed by atoms with Crippen molar-refractivity contribution in [1.29, 1.82) is 0 Å². The van der Waals surface area contributed by atoms with Crippen LogP contribution in [-0.2, 0) is 6.54 Å². The first kappa shape index (κ1) is 19.1. The molecule has 5 rings (SSSR count). The van der Waals surface area contributed by atoms with E-state index in [4.69, 9.17) is 9.47 Å². The van der Waals surface area contributed by atoms with Crippen molar-refractivity contribution in [3.05, 3.63) is 99.1 Å². The van der Waals surface area contributed by atoms with Crippen LogP contribution in [-0.4, -0.2) is 22.1 Å². The van der Waals surface area contributed by atoms with Gasteiger partial charge in [0.25, 0.3) is 0 Å². The maximum absolute atomic E-state index is 13.4. The summed E-state index contributed by atoms with van der Waals surface area (Å²) in [4.78, 5) is 31.1. The first-order chi connectivity index (χ1) is 15.0. The Bertz CT molecular complexity index is 1390. The Morgan fingerprint density at radius 3 is 2.58 bits per heavy atom. The molecule has 0 amide bonds. The Labute approximate surface area is 178 Å². The highest BCUT2D eigenvalue weighted by atomic mass is 16.7. The summed E-state index contributed by atoms with van der Waals surface area (Å²) < 4.78 is 12.8. The molecule has 0 spiro atoms. The van der Waals surface area contributed by atoms with Crippen molar-refractivity contribution in [3.63, 3.8) is 0 Å². The lowest BCUT2D eigenvalue weighted by atomic mass is 9.98. The quantitative estimate of drug-likeness (QED) is 0.474. The van der Waals surface area contributed by atoms with Crippen molar-refractivity contribution in [1.82, 2.24) is 9.55 Å². The minimum Gasteiger partial charge on any atom is -0.454 e. The van der Waals surface area contributed by atoms with Gasteiger partial charge in [-0.2, -0.15) is 0 Å². The standard InChI is InChI=1S/C25H20N2O4/c1-15-6-7-17(9-16(15)2)24(28)20-13-27(12-18-5-3-4-8-26-18)21-11-23-22(30-14-31-23)10-19(21)25(20)29/h3-11,13H,12,14H2,1-2H3. The Hall–Kier alpha value is -3.93. The molecule has 3 heterocycles. The van der Waals surface area contributed by atoms with Crippen LogP contribution in [0.25, 0.3) is 10.9 Å². The molecule has 1 aliphatic rings. The van der Waals surface area contributed by atoms with Gasteiger partial charge in [0.2, 0.25) is 12.2 Å². The van der Waals surface area contributed by atoms with Crippen LogP contribution < -0.4 is 14.9 Å². The van der Waals surface area contributed by atoms with E-state index >= 15 is 0 Å². The fourth-order valence-electron chi connectivity index (χ4n) is 3.78. The van der Waals surface area contributed by atoms with Gasteiger partial charge in [-0.25, -0.2) is 0 Å². The third-order valence-electron chi connectivity index (χ3n) is 5.65. The Morgan fingerprint density at radius 1 is 1.03 bits per heavy atom. The molecule has 0 saturated carbocycles. The molecule has 1 aliphatic heterocycles. The van der Waals surface area contributed by atoms with Crippen molar-refractivity contribution in [2.75, 3.05) is 6.79 Å². The molecule has 0 atom stereocenters. The maximum Gasteiger partial charge on any atom is 0.231 e. The molecule has 4 aromatic rings. The molecule has 0 unspecified atom stereocenters. The number of ketones is 1. The molecular formula is C25H20N2O4. The van der Waals surface area contributed by atoms with Crippen LogP contribution in [0.5, 0.6) is 11.5 Å². The molecule has 0 radical (unpaired) electrons. The zero-order valence-corrected chi connectivity index (χ0v) is 17.2. The second-order valence-corrected chi connectivity index (χ2v) is 7.67. The monoisotopic (exact) mass is 412 g/mol. The fourth-order valence-corrected chi connectivity index (χ4v) is 3.78. The summed E-state index contributed by atoms with van der Waals surface area (Å²) in [5.41, 5.74) is 3.86. The van der Waals surface area contributed by atoms with E-state index in [0.29, 0.717) is 34.5 Å². The van der Waals surface area contributed by atoms with Crippen molar-refractivity contribution in [2.24, 2.45) is 0 Å². The highest BCUT2D eigenvalue weighted by molar-refractivity contribution is 6.10. The molecular weight excluding hydrogens is 392 g/mol. The Morgan fingerprint density at radius 2 is 1.84 bits per heavy atom. The van der Waals surface area contributed by atoms with Gasteiger partial charge in [0.1, 0.15) is 0 Å². The van der Waals surface area contributed by atoms with E-state index < -0.39 is 0 Å². The van der Waals surface area contributed by atoms with E-state index in [1.54, 1.807) is 30.6 Å². The summed E-state index contributed by atoms with van der Waals surface area (Å²) in [6, 6.07) is 14.6.